The zero-order valence-electron chi connectivity index (χ0n) is 15.0. The molecule has 0 bridgehead atoms. The molecule has 1 saturated heterocycles. The van der Waals surface area contributed by atoms with E-state index in [0.29, 0.717) is 5.92 Å². The topological polar surface area (TPSA) is 59.4 Å². The van der Waals surface area contributed by atoms with Crippen molar-refractivity contribution in [3.8, 4) is 6.07 Å². The van der Waals surface area contributed by atoms with Crippen LogP contribution in [0.4, 0.5) is 0 Å². The number of hydrogen-bond acceptors (Lipinski definition) is 4. The lowest BCUT2D eigenvalue weighted by molar-refractivity contribution is -0.128. The molecule has 1 N–H and O–H groups in total. The highest BCUT2D eigenvalue weighted by Crippen LogP contribution is 2.27. The molecule has 130 valence electrons. The Morgan fingerprint density at radius 2 is 1.74 bits per heavy atom. The van der Waals surface area contributed by atoms with Gasteiger partial charge in [-0.15, -0.1) is 0 Å². The van der Waals surface area contributed by atoms with Crippen LogP contribution in [-0.4, -0.2) is 60.0 Å². The van der Waals surface area contributed by atoms with E-state index in [2.05, 4.69) is 35.0 Å². The molecule has 23 heavy (non-hydrogen) atoms. The summed E-state index contributed by atoms with van der Waals surface area (Å²) in [6.45, 7) is 11.5. The van der Waals surface area contributed by atoms with Crippen molar-refractivity contribution in [2.45, 2.75) is 64.5 Å². The quantitative estimate of drug-likeness (QED) is 0.841. The minimum Gasteiger partial charge on any atom is -0.336 e. The maximum atomic E-state index is 12.6. The Balaban J connectivity index is 1.84. The third-order valence-electron chi connectivity index (χ3n) is 5.24. The van der Waals surface area contributed by atoms with Gasteiger partial charge in [0, 0.05) is 32.7 Å². The molecule has 1 unspecified atom stereocenters. The number of nitrogens with one attached hydrogen (secondary N) is 1. The molecule has 0 radical (unpaired) electrons. The van der Waals surface area contributed by atoms with Crippen molar-refractivity contribution < 1.29 is 4.79 Å². The van der Waals surface area contributed by atoms with Gasteiger partial charge in [-0.05, 0) is 25.7 Å². The maximum absolute atomic E-state index is 12.6. The van der Waals surface area contributed by atoms with E-state index in [4.69, 9.17) is 0 Å². The van der Waals surface area contributed by atoms with E-state index in [1.54, 1.807) is 0 Å². The van der Waals surface area contributed by atoms with Crippen molar-refractivity contribution in [2.75, 3.05) is 32.7 Å². The molecule has 0 aromatic carbocycles. The predicted molar refractivity (Wildman–Crippen MR) is 91.9 cm³/mol. The van der Waals surface area contributed by atoms with Crippen LogP contribution in [0.1, 0.15) is 52.9 Å². The van der Waals surface area contributed by atoms with Crippen LogP contribution in [0.25, 0.3) is 0 Å². The summed E-state index contributed by atoms with van der Waals surface area (Å²) in [4.78, 5) is 17.3. The molecule has 0 aromatic rings. The lowest BCUT2D eigenvalue weighted by atomic mass is 9.82. The molecule has 1 amide bonds. The van der Waals surface area contributed by atoms with Gasteiger partial charge in [0.25, 0.3) is 0 Å². The van der Waals surface area contributed by atoms with Crippen LogP contribution in [-0.2, 0) is 4.79 Å². The van der Waals surface area contributed by atoms with Gasteiger partial charge >= 0.3 is 0 Å². The number of carbonyl (C=O) groups excluding carboxylic acids is 1. The Kier molecular flexibility index (Phi) is 6.43. The number of rotatable bonds is 5. The summed E-state index contributed by atoms with van der Waals surface area (Å²) in [7, 11) is 0. The van der Waals surface area contributed by atoms with Gasteiger partial charge in [-0.1, -0.05) is 33.1 Å². The van der Waals surface area contributed by atoms with Crippen LogP contribution in [0.15, 0.2) is 0 Å². The number of nitrogens with zero attached hydrogens (tertiary/aromatic N) is 3. The van der Waals surface area contributed by atoms with E-state index in [0.717, 1.165) is 58.4 Å². The SMILES string of the molecule is CC(C)CN1CCN(C(C)C(=O)NC2(C#N)CCCCC2)CC1. The van der Waals surface area contributed by atoms with Crippen molar-refractivity contribution in [1.29, 1.82) is 5.26 Å². The van der Waals surface area contributed by atoms with Gasteiger partial charge < -0.3 is 10.2 Å². The molecule has 2 aliphatic rings. The predicted octanol–water partition coefficient (Wildman–Crippen LogP) is 1.99. The lowest BCUT2D eigenvalue weighted by Crippen LogP contribution is -2.58. The summed E-state index contributed by atoms with van der Waals surface area (Å²) in [5.41, 5.74) is -0.622. The average Bonchev–Trinajstić information content (AvgIpc) is 2.55. The molecule has 2 rings (SSSR count). The number of piperazine rings is 1. The molecule has 2 fully saturated rings. The fraction of sp³-hybridized carbons (Fsp3) is 0.889. The largest absolute Gasteiger partial charge is 0.336 e. The van der Waals surface area contributed by atoms with Crippen LogP contribution in [0, 0.1) is 17.2 Å². The molecule has 5 nitrogen and oxygen atoms in total. The van der Waals surface area contributed by atoms with E-state index < -0.39 is 5.54 Å². The Hall–Kier alpha value is -1.12. The second kappa shape index (κ2) is 8.12. The molecule has 5 heteroatoms. The van der Waals surface area contributed by atoms with E-state index in [9.17, 15) is 10.1 Å². The van der Waals surface area contributed by atoms with E-state index in [1.165, 1.54) is 6.42 Å². The Labute approximate surface area is 141 Å². The fourth-order valence-electron chi connectivity index (χ4n) is 3.78. The summed E-state index contributed by atoms with van der Waals surface area (Å²) in [6.07, 6.45) is 4.84. The van der Waals surface area contributed by atoms with Crippen LogP contribution >= 0.6 is 0 Å². The van der Waals surface area contributed by atoms with Gasteiger partial charge in [-0.25, -0.2) is 0 Å². The number of hydrogen-bond donors (Lipinski definition) is 1. The minimum absolute atomic E-state index is 0.0192. The Bertz CT molecular complexity index is 429. The third-order valence-corrected chi connectivity index (χ3v) is 5.24. The van der Waals surface area contributed by atoms with Crippen molar-refractivity contribution in [3.05, 3.63) is 0 Å². The number of carbonyl (C=O) groups is 1. The Morgan fingerprint density at radius 1 is 1.13 bits per heavy atom. The first-order valence-electron chi connectivity index (χ1n) is 9.15. The lowest BCUT2D eigenvalue weighted by Gasteiger charge is -2.39. The van der Waals surface area contributed by atoms with Crippen molar-refractivity contribution in [3.63, 3.8) is 0 Å². The van der Waals surface area contributed by atoms with Crippen LogP contribution < -0.4 is 5.32 Å². The molecule has 1 aliphatic heterocycles. The van der Waals surface area contributed by atoms with Gasteiger partial charge in [0.2, 0.25) is 5.91 Å². The zero-order chi connectivity index (χ0) is 16.9. The van der Waals surface area contributed by atoms with Gasteiger partial charge in [-0.3, -0.25) is 9.69 Å². The highest BCUT2D eigenvalue weighted by Gasteiger charge is 2.36. The monoisotopic (exact) mass is 320 g/mol. The molecule has 1 aliphatic carbocycles. The standard InChI is InChI=1S/C18H32N4O/c1-15(2)13-21-9-11-22(12-10-21)16(3)17(23)20-18(14-19)7-5-4-6-8-18/h15-16H,4-13H2,1-3H3,(H,20,23). The third kappa shape index (κ3) is 4.92. The molecule has 0 aromatic heterocycles. The van der Waals surface area contributed by atoms with Gasteiger partial charge in [0.15, 0.2) is 0 Å². The average molecular weight is 320 g/mol. The van der Waals surface area contributed by atoms with Gasteiger partial charge in [0.1, 0.15) is 5.54 Å². The summed E-state index contributed by atoms with van der Waals surface area (Å²) in [5, 5.41) is 12.6. The number of nitriles is 1. The van der Waals surface area contributed by atoms with Gasteiger partial charge in [-0.2, -0.15) is 5.26 Å². The highest BCUT2D eigenvalue weighted by molar-refractivity contribution is 5.82. The van der Waals surface area contributed by atoms with E-state index in [1.807, 2.05) is 6.92 Å². The van der Waals surface area contributed by atoms with E-state index in [-0.39, 0.29) is 11.9 Å². The molecule has 0 spiro atoms. The first kappa shape index (κ1) is 18.2. The summed E-state index contributed by atoms with van der Waals surface area (Å²) >= 11 is 0. The molecule has 1 saturated carbocycles. The second-order valence-corrected chi connectivity index (χ2v) is 7.65. The minimum atomic E-state index is -0.622. The smallest absolute Gasteiger partial charge is 0.238 e. The normalized spacial score (nSPS) is 24.1. The van der Waals surface area contributed by atoms with Gasteiger partial charge in [0.05, 0.1) is 12.1 Å². The zero-order valence-corrected chi connectivity index (χ0v) is 15.0. The fourth-order valence-corrected chi connectivity index (χ4v) is 3.78. The second-order valence-electron chi connectivity index (χ2n) is 7.65. The number of amides is 1. The van der Waals surface area contributed by atoms with Crippen LogP contribution in [0.5, 0.6) is 0 Å². The van der Waals surface area contributed by atoms with Crippen LogP contribution in [0.2, 0.25) is 0 Å². The first-order chi connectivity index (χ1) is 11.0. The molecular formula is C18H32N4O. The summed E-state index contributed by atoms with van der Waals surface area (Å²) < 4.78 is 0. The summed E-state index contributed by atoms with van der Waals surface area (Å²) in [6, 6.07) is 2.23. The molecular weight excluding hydrogens is 288 g/mol. The van der Waals surface area contributed by atoms with E-state index >= 15 is 0 Å². The van der Waals surface area contributed by atoms with Crippen molar-refractivity contribution >= 4 is 5.91 Å². The first-order valence-corrected chi connectivity index (χ1v) is 9.15. The molecule has 1 atom stereocenters. The Morgan fingerprint density at radius 3 is 2.26 bits per heavy atom. The maximum Gasteiger partial charge on any atom is 0.238 e. The van der Waals surface area contributed by atoms with Crippen molar-refractivity contribution in [1.82, 2.24) is 15.1 Å². The molecule has 1 heterocycles. The summed E-state index contributed by atoms with van der Waals surface area (Å²) in [5.74, 6) is 0.704. The highest BCUT2D eigenvalue weighted by atomic mass is 16.2. The van der Waals surface area contributed by atoms with Crippen LogP contribution in [0.3, 0.4) is 0 Å². The van der Waals surface area contributed by atoms with Crippen molar-refractivity contribution in [2.24, 2.45) is 5.92 Å².